The van der Waals surface area contributed by atoms with E-state index in [0.29, 0.717) is 28.1 Å². The molecule has 0 aliphatic carbocycles. The number of thiocarbonyl (C=S) groups is 1. The highest BCUT2D eigenvalue weighted by molar-refractivity contribution is 7.80. The van der Waals surface area contributed by atoms with E-state index in [0.717, 1.165) is 13.0 Å². The number of aryl methyl sites for hydroxylation is 2. The number of hydrogen-bond donors (Lipinski definition) is 3. The van der Waals surface area contributed by atoms with Crippen molar-refractivity contribution >= 4 is 23.2 Å². The average Bonchev–Trinajstić information content (AvgIpc) is 2.83. The summed E-state index contributed by atoms with van der Waals surface area (Å²) >= 11 is 5.18. The van der Waals surface area contributed by atoms with Crippen LogP contribution in [0, 0.1) is 19.8 Å². The normalized spacial score (nSPS) is 11.8. The minimum absolute atomic E-state index is 0.253. The molecule has 0 aliphatic heterocycles. The summed E-state index contributed by atoms with van der Waals surface area (Å²) in [5.41, 5.74) is 5.83. The summed E-state index contributed by atoms with van der Waals surface area (Å²) in [7, 11) is 0. The minimum atomic E-state index is -0.253. The quantitative estimate of drug-likeness (QED) is 0.530. The fourth-order valence-electron chi connectivity index (χ4n) is 2.26. The minimum Gasteiger partial charge on any atom is -0.466 e. The molecule has 1 amide bonds. The van der Waals surface area contributed by atoms with Gasteiger partial charge in [-0.15, -0.1) is 0 Å². The molecule has 1 heterocycles. The van der Waals surface area contributed by atoms with Gasteiger partial charge in [0.15, 0.2) is 5.11 Å². The van der Waals surface area contributed by atoms with Crippen LogP contribution in [0.5, 0.6) is 0 Å². The van der Waals surface area contributed by atoms with Crippen LogP contribution in [0.4, 0.5) is 0 Å². The summed E-state index contributed by atoms with van der Waals surface area (Å²) in [5.74, 6) is 1.66. The van der Waals surface area contributed by atoms with E-state index in [4.69, 9.17) is 16.6 Å². The number of hydrogen-bond acceptors (Lipinski definition) is 3. The number of carbonyl (C=O) groups is 1. The van der Waals surface area contributed by atoms with E-state index in [-0.39, 0.29) is 5.91 Å². The van der Waals surface area contributed by atoms with E-state index in [9.17, 15) is 4.79 Å². The highest BCUT2D eigenvalue weighted by atomic mass is 32.1. The van der Waals surface area contributed by atoms with Crippen LogP contribution in [0.15, 0.2) is 10.5 Å². The van der Waals surface area contributed by atoms with Crippen molar-refractivity contribution in [2.75, 3.05) is 6.54 Å². The second-order valence-electron chi connectivity index (χ2n) is 5.53. The molecule has 0 aromatic carbocycles. The van der Waals surface area contributed by atoms with Crippen molar-refractivity contribution in [1.82, 2.24) is 16.2 Å². The number of rotatable bonds is 7. The number of unbranched alkanes of at least 4 members (excludes halogenated alkanes) is 1. The summed E-state index contributed by atoms with van der Waals surface area (Å²) in [6, 6.07) is 1.71. The number of carbonyl (C=O) groups excluding carboxylic acids is 1. The molecule has 0 saturated heterocycles. The Bertz CT molecular complexity index is 500. The maximum atomic E-state index is 12.0. The Kier molecular flexibility index (Phi) is 7.95. The first-order chi connectivity index (χ1) is 10.5. The molecule has 5 nitrogen and oxygen atoms in total. The van der Waals surface area contributed by atoms with E-state index in [1.807, 2.05) is 6.92 Å². The van der Waals surface area contributed by atoms with Crippen LogP contribution in [0.2, 0.25) is 0 Å². The van der Waals surface area contributed by atoms with E-state index in [1.165, 1.54) is 19.3 Å². The Morgan fingerprint density at radius 2 is 2.05 bits per heavy atom. The molecule has 0 aliphatic rings. The molecule has 0 saturated carbocycles. The molecule has 1 aromatic heterocycles. The maximum absolute atomic E-state index is 12.0. The van der Waals surface area contributed by atoms with Crippen LogP contribution in [0.3, 0.4) is 0 Å². The fourth-order valence-corrected chi connectivity index (χ4v) is 2.40. The van der Waals surface area contributed by atoms with Gasteiger partial charge in [0, 0.05) is 6.54 Å². The van der Waals surface area contributed by atoms with Crippen LogP contribution < -0.4 is 16.2 Å². The lowest BCUT2D eigenvalue weighted by molar-refractivity contribution is 0.0942. The molecule has 0 radical (unpaired) electrons. The molecule has 0 bridgehead atoms. The van der Waals surface area contributed by atoms with Gasteiger partial charge in [0.2, 0.25) is 0 Å². The molecular formula is C16H27N3O2S. The standard InChI is InChI=1S/C16H27N3O2S/c1-5-7-8-13(6-2)10-17-16(22)19-18-15(20)14-9-11(3)21-12(14)4/h9,13H,5-8,10H2,1-4H3,(H,18,20)(H2,17,19,22)/t13-/m1/s1. The van der Waals surface area contributed by atoms with Gasteiger partial charge >= 0.3 is 0 Å². The van der Waals surface area contributed by atoms with E-state index < -0.39 is 0 Å². The molecule has 124 valence electrons. The van der Waals surface area contributed by atoms with Crippen molar-refractivity contribution in [2.24, 2.45) is 5.92 Å². The zero-order valence-corrected chi connectivity index (χ0v) is 14.7. The summed E-state index contributed by atoms with van der Waals surface area (Å²) in [6.45, 7) is 8.77. The van der Waals surface area contributed by atoms with Crippen LogP contribution in [0.25, 0.3) is 0 Å². The van der Waals surface area contributed by atoms with Gasteiger partial charge in [-0.1, -0.05) is 33.1 Å². The molecule has 1 rings (SSSR count). The second-order valence-corrected chi connectivity index (χ2v) is 5.94. The largest absolute Gasteiger partial charge is 0.466 e. The van der Waals surface area contributed by atoms with Crippen molar-refractivity contribution in [1.29, 1.82) is 0 Å². The Morgan fingerprint density at radius 3 is 2.59 bits per heavy atom. The van der Waals surface area contributed by atoms with Crippen LogP contribution >= 0.6 is 12.2 Å². The van der Waals surface area contributed by atoms with Crippen LogP contribution in [-0.4, -0.2) is 17.6 Å². The lowest BCUT2D eigenvalue weighted by Crippen LogP contribution is -2.47. The van der Waals surface area contributed by atoms with Gasteiger partial charge in [0.25, 0.3) is 5.91 Å². The first-order valence-electron chi connectivity index (χ1n) is 7.89. The maximum Gasteiger partial charge on any atom is 0.273 e. The van der Waals surface area contributed by atoms with E-state index in [2.05, 4.69) is 30.0 Å². The van der Waals surface area contributed by atoms with Gasteiger partial charge < -0.3 is 9.73 Å². The number of hydrazine groups is 1. The predicted molar refractivity (Wildman–Crippen MR) is 92.7 cm³/mol. The Hall–Kier alpha value is -1.56. The van der Waals surface area contributed by atoms with Crippen LogP contribution in [-0.2, 0) is 0 Å². The fraction of sp³-hybridized carbons (Fsp3) is 0.625. The first-order valence-corrected chi connectivity index (χ1v) is 8.29. The van der Waals surface area contributed by atoms with Gasteiger partial charge in [0.1, 0.15) is 11.5 Å². The highest BCUT2D eigenvalue weighted by Gasteiger charge is 2.13. The summed E-state index contributed by atoms with van der Waals surface area (Å²) in [4.78, 5) is 12.0. The van der Waals surface area contributed by atoms with Gasteiger partial charge in [-0.05, 0) is 44.5 Å². The third-order valence-electron chi connectivity index (χ3n) is 3.67. The molecular weight excluding hydrogens is 298 g/mol. The first kappa shape index (κ1) is 18.5. The molecule has 22 heavy (non-hydrogen) atoms. The number of nitrogens with one attached hydrogen (secondary N) is 3. The van der Waals surface area contributed by atoms with Gasteiger partial charge in [-0.25, -0.2) is 0 Å². The zero-order valence-electron chi connectivity index (χ0n) is 13.9. The summed E-state index contributed by atoms with van der Waals surface area (Å²) in [5, 5.41) is 3.58. The number of furan rings is 1. The van der Waals surface area contributed by atoms with Crippen molar-refractivity contribution in [3.8, 4) is 0 Å². The molecule has 0 spiro atoms. The van der Waals surface area contributed by atoms with Crippen molar-refractivity contribution in [3.05, 3.63) is 23.2 Å². The van der Waals surface area contributed by atoms with Gasteiger partial charge in [-0.3, -0.25) is 15.6 Å². The lowest BCUT2D eigenvalue weighted by atomic mass is 9.99. The van der Waals surface area contributed by atoms with Crippen molar-refractivity contribution in [2.45, 2.75) is 53.4 Å². The average molecular weight is 325 g/mol. The molecule has 3 N–H and O–H groups in total. The van der Waals surface area contributed by atoms with E-state index >= 15 is 0 Å². The molecule has 0 unspecified atom stereocenters. The van der Waals surface area contributed by atoms with Crippen molar-refractivity contribution < 1.29 is 9.21 Å². The Balaban J connectivity index is 2.33. The molecule has 6 heteroatoms. The lowest BCUT2D eigenvalue weighted by Gasteiger charge is -2.17. The molecule has 1 aromatic rings. The molecule has 0 fully saturated rings. The third kappa shape index (κ3) is 6.05. The monoisotopic (exact) mass is 325 g/mol. The van der Waals surface area contributed by atoms with Crippen molar-refractivity contribution in [3.63, 3.8) is 0 Å². The van der Waals surface area contributed by atoms with E-state index in [1.54, 1.807) is 13.0 Å². The topological polar surface area (TPSA) is 66.3 Å². The third-order valence-corrected chi connectivity index (χ3v) is 3.92. The summed E-state index contributed by atoms with van der Waals surface area (Å²) < 4.78 is 5.34. The van der Waals surface area contributed by atoms with Gasteiger partial charge in [0.05, 0.1) is 5.56 Å². The Morgan fingerprint density at radius 1 is 1.32 bits per heavy atom. The molecule has 1 atom stereocenters. The Labute approximate surface area is 138 Å². The van der Waals surface area contributed by atoms with Crippen LogP contribution in [0.1, 0.15) is 61.4 Å². The smallest absolute Gasteiger partial charge is 0.273 e. The van der Waals surface area contributed by atoms with Gasteiger partial charge in [-0.2, -0.15) is 0 Å². The zero-order chi connectivity index (χ0) is 16.5. The SMILES string of the molecule is CCCC[C@@H](CC)CNC(=S)NNC(=O)c1cc(C)oc1C. The highest BCUT2D eigenvalue weighted by Crippen LogP contribution is 2.13. The summed E-state index contributed by atoms with van der Waals surface area (Å²) in [6.07, 6.45) is 4.76. The predicted octanol–water partition coefficient (Wildman–Crippen LogP) is 3.22. The second kappa shape index (κ2) is 9.46. The number of amides is 1.